The van der Waals surface area contributed by atoms with E-state index < -0.39 is 0 Å². The average Bonchev–Trinajstić information content (AvgIpc) is 3.18. The second-order valence-electron chi connectivity index (χ2n) is 6.06. The molecular formula is C16H24N6. The van der Waals surface area contributed by atoms with Crippen molar-refractivity contribution in [3.8, 4) is 5.82 Å². The van der Waals surface area contributed by atoms with Crippen LogP contribution < -0.4 is 10.6 Å². The van der Waals surface area contributed by atoms with Crippen molar-refractivity contribution in [2.75, 3.05) is 17.2 Å². The van der Waals surface area contributed by atoms with Gasteiger partial charge in [-0.3, -0.25) is 0 Å². The van der Waals surface area contributed by atoms with Crippen molar-refractivity contribution in [1.82, 2.24) is 19.7 Å². The maximum absolute atomic E-state index is 5.92. The smallest absolute Gasteiger partial charge is 0.224 e. The van der Waals surface area contributed by atoms with Crippen LogP contribution in [0.25, 0.3) is 5.82 Å². The second-order valence-corrected chi connectivity index (χ2v) is 6.06. The quantitative estimate of drug-likeness (QED) is 0.919. The topological polar surface area (TPSA) is 72.9 Å². The molecule has 0 saturated carbocycles. The van der Waals surface area contributed by atoms with Crippen LogP contribution in [-0.2, 0) is 0 Å². The standard InChI is InChI=1S/C16H24N6/c1-3-6-12(2)13-7-4-9-21(13)14-11-15(20-16(17)19-14)22-10-5-8-18-22/h5,8,10-13H,3-4,6-7,9H2,1-2H3,(H2,17,19,20)/t12-,13-/m0/s1. The fourth-order valence-corrected chi connectivity index (χ4v) is 3.42. The van der Waals surface area contributed by atoms with E-state index in [0.717, 1.165) is 18.2 Å². The molecule has 2 atom stereocenters. The maximum Gasteiger partial charge on any atom is 0.224 e. The number of rotatable bonds is 5. The highest BCUT2D eigenvalue weighted by molar-refractivity contribution is 5.49. The lowest BCUT2D eigenvalue weighted by Crippen LogP contribution is -2.35. The summed E-state index contributed by atoms with van der Waals surface area (Å²) in [5.41, 5.74) is 5.92. The van der Waals surface area contributed by atoms with E-state index in [2.05, 4.69) is 33.8 Å². The molecule has 0 spiro atoms. The van der Waals surface area contributed by atoms with Crippen molar-refractivity contribution in [2.45, 2.75) is 45.6 Å². The van der Waals surface area contributed by atoms with Crippen LogP contribution >= 0.6 is 0 Å². The Morgan fingerprint density at radius 2 is 2.18 bits per heavy atom. The molecule has 0 aromatic carbocycles. The predicted molar refractivity (Wildman–Crippen MR) is 88.0 cm³/mol. The van der Waals surface area contributed by atoms with Crippen molar-refractivity contribution in [3.05, 3.63) is 24.5 Å². The summed E-state index contributed by atoms with van der Waals surface area (Å²) in [5, 5.41) is 4.23. The molecule has 0 unspecified atom stereocenters. The maximum atomic E-state index is 5.92. The first-order valence-corrected chi connectivity index (χ1v) is 8.10. The van der Waals surface area contributed by atoms with E-state index in [9.17, 15) is 0 Å². The predicted octanol–water partition coefficient (Wildman–Crippen LogP) is 2.65. The number of hydrogen-bond acceptors (Lipinski definition) is 5. The van der Waals surface area contributed by atoms with E-state index in [-0.39, 0.29) is 0 Å². The third-order valence-electron chi connectivity index (χ3n) is 4.45. The summed E-state index contributed by atoms with van der Waals surface area (Å²) in [5.74, 6) is 2.61. The molecule has 2 N–H and O–H groups in total. The van der Waals surface area contributed by atoms with Gasteiger partial charge in [0.2, 0.25) is 5.95 Å². The van der Waals surface area contributed by atoms with Gasteiger partial charge in [-0.15, -0.1) is 0 Å². The molecule has 1 aliphatic rings. The Hall–Kier alpha value is -2.11. The van der Waals surface area contributed by atoms with Crippen molar-refractivity contribution in [1.29, 1.82) is 0 Å². The molecule has 3 rings (SSSR count). The van der Waals surface area contributed by atoms with Crippen LogP contribution in [0.4, 0.5) is 11.8 Å². The van der Waals surface area contributed by atoms with Crippen molar-refractivity contribution >= 4 is 11.8 Å². The monoisotopic (exact) mass is 300 g/mol. The van der Waals surface area contributed by atoms with E-state index in [4.69, 9.17) is 5.73 Å². The van der Waals surface area contributed by atoms with Gasteiger partial charge in [0, 0.05) is 31.0 Å². The Morgan fingerprint density at radius 3 is 2.91 bits per heavy atom. The zero-order valence-corrected chi connectivity index (χ0v) is 13.3. The molecule has 2 aromatic heterocycles. The van der Waals surface area contributed by atoms with Crippen LogP contribution in [-0.4, -0.2) is 32.3 Å². The molecule has 22 heavy (non-hydrogen) atoms. The van der Waals surface area contributed by atoms with Gasteiger partial charge < -0.3 is 10.6 Å². The molecular weight excluding hydrogens is 276 g/mol. The normalized spacial score (nSPS) is 19.5. The molecule has 0 aliphatic carbocycles. The summed E-state index contributed by atoms with van der Waals surface area (Å²) in [7, 11) is 0. The van der Waals surface area contributed by atoms with Crippen LogP contribution in [0.5, 0.6) is 0 Å². The summed E-state index contributed by atoms with van der Waals surface area (Å²) < 4.78 is 1.72. The first-order chi connectivity index (χ1) is 10.7. The zero-order chi connectivity index (χ0) is 15.5. The summed E-state index contributed by atoms with van der Waals surface area (Å²) >= 11 is 0. The highest BCUT2D eigenvalue weighted by Gasteiger charge is 2.30. The summed E-state index contributed by atoms with van der Waals surface area (Å²) in [6.45, 7) is 5.62. The van der Waals surface area contributed by atoms with Gasteiger partial charge in [-0.2, -0.15) is 15.1 Å². The van der Waals surface area contributed by atoms with Gasteiger partial charge in [-0.05, 0) is 31.2 Å². The van der Waals surface area contributed by atoms with Gasteiger partial charge in [0.15, 0.2) is 5.82 Å². The van der Waals surface area contributed by atoms with E-state index in [1.165, 1.54) is 25.7 Å². The van der Waals surface area contributed by atoms with Crippen LogP contribution in [0, 0.1) is 5.92 Å². The lowest BCUT2D eigenvalue weighted by Gasteiger charge is -2.30. The van der Waals surface area contributed by atoms with Gasteiger partial charge >= 0.3 is 0 Å². The van der Waals surface area contributed by atoms with E-state index >= 15 is 0 Å². The molecule has 118 valence electrons. The largest absolute Gasteiger partial charge is 0.368 e. The Bertz CT molecular complexity index is 609. The Labute approximate surface area is 131 Å². The molecule has 2 aromatic rings. The van der Waals surface area contributed by atoms with Crippen LogP contribution in [0.2, 0.25) is 0 Å². The van der Waals surface area contributed by atoms with E-state index in [0.29, 0.717) is 17.9 Å². The average molecular weight is 300 g/mol. The molecule has 1 aliphatic heterocycles. The zero-order valence-electron chi connectivity index (χ0n) is 13.3. The van der Waals surface area contributed by atoms with E-state index in [1.54, 1.807) is 10.9 Å². The third-order valence-corrected chi connectivity index (χ3v) is 4.45. The minimum Gasteiger partial charge on any atom is -0.368 e. The lowest BCUT2D eigenvalue weighted by molar-refractivity contribution is 0.420. The number of nitrogens with two attached hydrogens (primary N) is 1. The molecule has 1 saturated heterocycles. The van der Waals surface area contributed by atoms with Gasteiger partial charge in [0.05, 0.1) is 0 Å². The van der Waals surface area contributed by atoms with Crippen LogP contribution in [0.3, 0.4) is 0 Å². The lowest BCUT2D eigenvalue weighted by atomic mass is 9.95. The summed E-state index contributed by atoms with van der Waals surface area (Å²) in [6.07, 6.45) is 8.50. The molecule has 3 heterocycles. The number of aromatic nitrogens is 4. The Kier molecular flexibility index (Phi) is 4.27. The number of nitrogen functional groups attached to an aromatic ring is 1. The molecule has 6 nitrogen and oxygen atoms in total. The number of anilines is 2. The summed E-state index contributed by atoms with van der Waals surface area (Å²) in [6, 6.07) is 4.40. The molecule has 1 fully saturated rings. The Balaban J connectivity index is 1.90. The van der Waals surface area contributed by atoms with Crippen LogP contribution in [0.15, 0.2) is 24.5 Å². The first-order valence-electron chi connectivity index (χ1n) is 8.10. The van der Waals surface area contributed by atoms with E-state index in [1.807, 2.05) is 18.3 Å². The highest BCUT2D eigenvalue weighted by Crippen LogP contribution is 2.31. The van der Waals surface area contributed by atoms with Crippen molar-refractivity contribution in [3.63, 3.8) is 0 Å². The van der Waals surface area contributed by atoms with Crippen molar-refractivity contribution in [2.24, 2.45) is 5.92 Å². The van der Waals surface area contributed by atoms with Crippen molar-refractivity contribution < 1.29 is 0 Å². The van der Waals surface area contributed by atoms with Gasteiger partial charge in [0.25, 0.3) is 0 Å². The van der Waals surface area contributed by atoms with Gasteiger partial charge in [0.1, 0.15) is 5.82 Å². The first kappa shape index (κ1) is 14.8. The SMILES string of the molecule is CCC[C@H](C)[C@@H]1CCCN1c1cc(-n2cccn2)nc(N)n1. The molecule has 6 heteroatoms. The fraction of sp³-hybridized carbons (Fsp3) is 0.562. The van der Waals surface area contributed by atoms with Crippen LogP contribution in [0.1, 0.15) is 39.5 Å². The molecule has 0 bridgehead atoms. The number of nitrogens with zero attached hydrogens (tertiary/aromatic N) is 5. The minimum absolute atomic E-state index is 0.303. The van der Waals surface area contributed by atoms with Gasteiger partial charge in [-0.1, -0.05) is 20.3 Å². The highest BCUT2D eigenvalue weighted by atomic mass is 15.3. The summed E-state index contributed by atoms with van der Waals surface area (Å²) in [4.78, 5) is 11.2. The minimum atomic E-state index is 0.303. The number of hydrogen-bond donors (Lipinski definition) is 1. The molecule has 0 amide bonds. The Morgan fingerprint density at radius 1 is 1.36 bits per heavy atom. The third kappa shape index (κ3) is 2.91. The fourth-order valence-electron chi connectivity index (χ4n) is 3.42. The molecule has 0 radical (unpaired) electrons. The van der Waals surface area contributed by atoms with Gasteiger partial charge in [-0.25, -0.2) is 4.68 Å². The second kappa shape index (κ2) is 6.34.